The molecule has 1 aliphatic heterocycles. The van der Waals surface area contributed by atoms with Crippen LogP contribution < -0.4 is 10.6 Å². The number of aromatic nitrogens is 1. The van der Waals surface area contributed by atoms with Gasteiger partial charge in [0.15, 0.2) is 0 Å². The molecule has 0 spiro atoms. The van der Waals surface area contributed by atoms with Crippen molar-refractivity contribution in [2.75, 3.05) is 78.4 Å². The van der Waals surface area contributed by atoms with E-state index in [1.807, 2.05) is 57.5 Å². The van der Waals surface area contributed by atoms with E-state index in [9.17, 15) is 19.5 Å². The van der Waals surface area contributed by atoms with Gasteiger partial charge in [0.2, 0.25) is 17.7 Å². The fourth-order valence-corrected chi connectivity index (χ4v) is 7.20. The van der Waals surface area contributed by atoms with Crippen LogP contribution in [0.25, 0.3) is 10.4 Å². The van der Waals surface area contributed by atoms with E-state index in [1.165, 1.54) is 23.6 Å². The lowest BCUT2D eigenvalue weighted by Gasteiger charge is -2.37. The Bertz CT molecular complexity index is 1310. The van der Waals surface area contributed by atoms with Crippen molar-refractivity contribution in [1.29, 1.82) is 0 Å². The molecule has 1 aromatic carbocycles. The van der Waals surface area contributed by atoms with Crippen LogP contribution in [0.15, 0.2) is 29.8 Å². The maximum atomic E-state index is 13.9. The molecule has 13 nitrogen and oxygen atoms in total. The highest BCUT2D eigenvalue weighted by Crippen LogP contribution is 2.32. The molecule has 1 fully saturated rings. The number of thioether (sulfide) groups is 1. The van der Waals surface area contributed by atoms with Gasteiger partial charge in [-0.2, -0.15) is 11.8 Å². The number of carbonyl (C=O) groups excluding carboxylic acids is 3. The maximum absolute atomic E-state index is 13.9. The standard InChI is InChI=1S/C35H54N4O9S2/c1-6-44-11-12-45-13-14-46-15-16-47-17-18-48-19-20-50-35(4,5)32(38-26(3)40)34(43)39-23-29(41)21-30(39)33(42)36-22-27-7-9-28(10-8-27)31-25(2)37-24-49-31/h7-10,24,29-30,32,41H,6,11-23H2,1-5H3,(H,36,42)(H,38,40)/t29-,30+,32-/m1/s1. The Balaban J connectivity index is 1.41. The molecule has 0 saturated carbocycles. The van der Waals surface area contributed by atoms with Crippen LogP contribution in [0.5, 0.6) is 0 Å². The second kappa shape index (κ2) is 22.3. The van der Waals surface area contributed by atoms with E-state index in [2.05, 4.69) is 15.6 Å². The van der Waals surface area contributed by atoms with Crippen LogP contribution in [0.1, 0.15) is 45.4 Å². The predicted molar refractivity (Wildman–Crippen MR) is 194 cm³/mol. The molecule has 50 heavy (non-hydrogen) atoms. The number of rotatable bonds is 24. The smallest absolute Gasteiger partial charge is 0.247 e. The summed E-state index contributed by atoms with van der Waals surface area (Å²) in [7, 11) is 0. The van der Waals surface area contributed by atoms with Gasteiger partial charge >= 0.3 is 0 Å². The Kier molecular flexibility index (Phi) is 18.7. The minimum absolute atomic E-state index is 0.00700. The van der Waals surface area contributed by atoms with Crippen molar-refractivity contribution in [3.63, 3.8) is 0 Å². The molecule has 1 saturated heterocycles. The molecular formula is C35H54N4O9S2. The Labute approximate surface area is 304 Å². The highest BCUT2D eigenvalue weighted by molar-refractivity contribution is 8.00. The number of benzene rings is 1. The zero-order valence-electron chi connectivity index (χ0n) is 29.9. The second-order valence-corrected chi connectivity index (χ2v) is 14.9. The Morgan fingerprint density at radius 3 is 2.10 bits per heavy atom. The number of nitrogens with one attached hydrogen (secondary N) is 2. The summed E-state index contributed by atoms with van der Waals surface area (Å²) in [5.41, 5.74) is 4.75. The monoisotopic (exact) mass is 738 g/mol. The van der Waals surface area contributed by atoms with E-state index in [1.54, 1.807) is 11.3 Å². The fraction of sp³-hybridized carbons (Fsp3) is 0.657. The van der Waals surface area contributed by atoms with Crippen molar-refractivity contribution in [2.24, 2.45) is 0 Å². The number of hydrogen-bond acceptors (Lipinski definition) is 12. The predicted octanol–water partition coefficient (Wildman–Crippen LogP) is 2.82. The van der Waals surface area contributed by atoms with Gasteiger partial charge in [-0.3, -0.25) is 14.4 Å². The topological polar surface area (TPSA) is 158 Å². The molecule has 0 bridgehead atoms. The SMILES string of the molecule is CCOCCOCCOCCOCCOCCSC(C)(C)[C@H](NC(C)=O)C(=O)N1C[C@H](O)C[C@H]1C(=O)NCc1ccc(-c2scnc2C)cc1. The summed E-state index contributed by atoms with van der Waals surface area (Å²) < 4.78 is 26.6. The van der Waals surface area contributed by atoms with E-state index in [4.69, 9.17) is 23.7 Å². The molecule has 1 aromatic heterocycles. The summed E-state index contributed by atoms with van der Waals surface area (Å²) in [5, 5.41) is 16.2. The first kappa shape index (κ1) is 41.8. The van der Waals surface area contributed by atoms with Crippen LogP contribution >= 0.6 is 23.1 Å². The number of thiazole rings is 1. The molecule has 3 amide bonds. The number of aryl methyl sites for hydroxylation is 1. The number of aliphatic hydroxyl groups excluding tert-OH is 1. The molecule has 0 aliphatic carbocycles. The summed E-state index contributed by atoms with van der Waals surface area (Å²) >= 11 is 3.06. The van der Waals surface area contributed by atoms with Crippen LogP contribution in [-0.2, 0) is 44.6 Å². The van der Waals surface area contributed by atoms with E-state index < -0.39 is 28.8 Å². The molecule has 0 unspecified atom stereocenters. The third kappa shape index (κ3) is 14.2. The first-order valence-electron chi connectivity index (χ1n) is 17.1. The molecule has 2 heterocycles. The zero-order valence-corrected chi connectivity index (χ0v) is 31.6. The maximum Gasteiger partial charge on any atom is 0.247 e. The van der Waals surface area contributed by atoms with E-state index in [0.29, 0.717) is 71.8 Å². The fourth-order valence-electron chi connectivity index (χ4n) is 5.34. The molecule has 3 atom stereocenters. The van der Waals surface area contributed by atoms with Crippen LogP contribution in [0.3, 0.4) is 0 Å². The molecule has 3 rings (SSSR count). The zero-order chi connectivity index (χ0) is 36.4. The van der Waals surface area contributed by atoms with Crippen molar-refractivity contribution >= 4 is 40.8 Å². The van der Waals surface area contributed by atoms with Crippen LogP contribution in [0, 0.1) is 6.92 Å². The first-order valence-corrected chi connectivity index (χ1v) is 19.0. The van der Waals surface area contributed by atoms with Crippen LogP contribution in [-0.4, -0.2) is 134 Å². The van der Waals surface area contributed by atoms with Gasteiger partial charge < -0.3 is 44.3 Å². The molecule has 2 aromatic rings. The van der Waals surface area contributed by atoms with Gasteiger partial charge in [-0.1, -0.05) is 24.3 Å². The highest BCUT2D eigenvalue weighted by atomic mass is 32.2. The van der Waals surface area contributed by atoms with E-state index in [0.717, 1.165) is 21.7 Å². The van der Waals surface area contributed by atoms with Gasteiger partial charge in [0.25, 0.3) is 0 Å². The second-order valence-electron chi connectivity index (χ2n) is 12.3. The first-order chi connectivity index (χ1) is 24.0. The molecule has 280 valence electrons. The number of hydrogen-bond donors (Lipinski definition) is 3. The van der Waals surface area contributed by atoms with Crippen molar-refractivity contribution in [1.82, 2.24) is 20.5 Å². The van der Waals surface area contributed by atoms with Gasteiger partial charge in [0.1, 0.15) is 12.1 Å². The van der Waals surface area contributed by atoms with E-state index >= 15 is 0 Å². The van der Waals surface area contributed by atoms with E-state index in [-0.39, 0.29) is 31.3 Å². The van der Waals surface area contributed by atoms with Crippen molar-refractivity contribution in [3.05, 3.63) is 41.0 Å². The van der Waals surface area contributed by atoms with Gasteiger partial charge in [-0.25, -0.2) is 4.98 Å². The quantitative estimate of drug-likeness (QED) is 0.136. The average Bonchev–Trinajstić information content (AvgIpc) is 3.70. The van der Waals surface area contributed by atoms with Crippen molar-refractivity contribution < 1.29 is 43.2 Å². The van der Waals surface area contributed by atoms with Crippen molar-refractivity contribution in [3.8, 4) is 10.4 Å². The number of nitrogens with zero attached hydrogens (tertiary/aromatic N) is 2. The summed E-state index contributed by atoms with van der Waals surface area (Å²) in [6.07, 6.45) is -0.732. The minimum Gasteiger partial charge on any atom is -0.391 e. The van der Waals surface area contributed by atoms with Gasteiger partial charge in [-0.05, 0) is 38.8 Å². The summed E-state index contributed by atoms with van der Waals surface area (Å²) in [5.74, 6) is -0.557. The van der Waals surface area contributed by atoms with Gasteiger partial charge in [-0.15, -0.1) is 11.3 Å². The third-order valence-corrected chi connectivity index (χ3v) is 10.3. The number of aliphatic hydroxyl groups is 1. The number of ether oxygens (including phenoxy) is 5. The number of carbonyl (C=O) groups is 3. The van der Waals surface area contributed by atoms with Gasteiger partial charge in [0.05, 0.1) is 81.6 Å². The molecule has 1 aliphatic rings. The number of likely N-dealkylation sites (tertiary alicyclic amines) is 1. The summed E-state index contributed by atoms with van der Waals surface area (Å²) in [6.45, 7) is 14.3. The number of amides is 3. The van der Waals surface area contributed by atoms with Gasteiger partial charge in [0, 0.05) is 43.5 Å². The van der Waals surface area contributed by atoms with Crippen molar-refractivity contribution in [2.45, 2.75) is 70.5 Å². The number of β-amino-alcohol motifs (C(OH)–C–C–N with tert-alkyl or cyclic N) is 1. The Morgan fingerprint density at radius 2 is 1.56 bits per heavy atom. The molecule has 0 radical (unpaired) electrons. The normalized spacial score (nSPS) is 16.8. The molecular weight excluding hydrogens is 685 g/mol. The highest BCUT2D eigenvalue weighted by Gasteiger charge is 2.45. The van der Waals surface area contributed by atoms with Crippen LogP contribution in [0.2, 0.25) is 0 Å². The minimum atomic E-state index is -0.924. The lowest BCUT2D eigenvalue weighted by molar-refractivity contribution is -0.142. The Hall–Kier alpha value is -2.63. The lowest BCUT2D eigenvalue weighted by atomic mass is 10.0. The molecule has 3 N–H and O–H groups in total. The Morgan fingerprint density at radius 1 is 0.980 bits per heavy atom. The average molecular weight is 739 g/mol. The summed E-state index contributed by atoms with van der Waals surface area (Å²) in [6, 6.07) is 6.11. The third-order valence-electron chi connectivity index (χ3n) is 7.98. The molecule has 15 heteroatoms. The summed E-state index contributed by atoms with van der Waals surface area (Å²) in [4.78, 5) is 46.3. The van der Waals surface area contributed by atoms with Crippen LogP contribution in [0.4, 0.5) is 0 Å². The largest absolute Gasteiger partial charge is 0.391 e. The lowest BCUT2D eigenvalue weighted by Crippen LogP contribution is -2.59.